The van der Waals surface area contributed by atoms with Crippen LogP contribution in [-0.4, -0.2) is 26.8 Å². The van der Waals surface area contributed by atoms with E-state index in [4.69, 9.17) is 4.74 Å². The fourth-order valence-corrected chi connectivity index (χ4v) is 1.65. The second-order valence-corrected chi connectivity index (χ2v) is 3.64. The van der Waals surface area contributed by atoms with E-state index in [0.29, 0.717) is 0 Å². The number of rotatable bonds is 9. The Labute approximate surface area is 83.1 Å². The molecule has 80 valence electrons. The molecule has 0 atom stereocenters. The van der Waals surface area contributed by atoms with Crippen molar-refractivity contribution in [2.45, 2.75) is 39.5 Å². The third-order valence-electron chi connectivity index (χ3n) is 2.31. The topological polar surface area (TPSA) is 21.3 Å². The van der Waals surface area contributed by atoms with Crippen LogP contribution in [-0.2, 0) is 4.74 Å². The Morgan fingerprint density at radius 2 is 1.77 bits per heavy atom. The van der Waals surface area contributed by atoms with E-state index in [2.05, 4.69) is 19.2 Å². The SMILES string of the molecule is CCCC(CCC)CNCCOC. The molecule has 13 heavy (non-hydrogen) atoms. The zero-order valence-corrected chi connectivity index (χ0v) is 9.44. The highest BCUT2D eigenvalue weighted by Crippen LogP contribution is 2.11. The van der Waals surface area contributed by atoms with Gasteiger partial charge in [0.05, 0.1) is 6.61 Å². The van der Waals surface area contributed by atoms with Gasteiger partial charge in [-0.2, -0.15) is 0 Å². The van der Waals surface area contributed by atoms with Crippen LogP contribution < -0.4 is 5.32 Å². The molecule has 0 bridgehead atoms. The third kappa shape index (κ3) is 8.26. The van der Waals surface area contributed by atoms with Crippen molar-refractivity contribution in [3.8, 4) is 0 Å². The lowest BCUT2D eigenvalue weighted by atomic mass is 9.98. The summed E-state index contributed by atoms with van der Waals surface area (Å²) >= 11 is 0. The Balaban J connectivity index is 3.33. The molecular formula is C11H25NO. The molecule has 0 heterocycles. The van der Waals surface area contributed by atoms with Crippen LogP contribution in [0.2, 0.25) is 0 Å². The van der Waals surface area contributed by atoms with Gasteiger partial charge in [0.15, 0.2) is 0 Å². The molecule has 0 saturated heterocycles. The largest absolute Gasteiger partial charge is 0.383 e. The molecule has 0 aromatic rings. The molecule has 2 heteroatoms. The predicted octanol–water partition coefficient (Wildman–Crippen LogP) is 2.44. The zero-order chi connectivity index (χ0) is 9.94. The van der Waals surface area contributed by atoms with Crippen LogP contribution >= 0.6 is 0 Å². The Hall–Kier alpha value is -0.0800. The fraction of sp³-hybridized carbons (Fsp3) is 1.00. The van der Waals surface area contributed by atoms with Crippen LogP contribution in [0.3, 0.4) is 0 Å². The smallest absolute Gasteiger partial charge is 0.0587 e. The van der Waals surface area contributed by atoms with Crippen LogP contribution in [0.5, 0.6) is 0 Å². The van der Waals surface area contributed by atoms with E-state index in [1.54, 1.807) is 7.11 Å². The minimum Gasteiger partial charge on any atom is -0.383 e. The highest BCUT2D eigenvalue weighted by atomic mass is 16.5. The van der Waals surface area contributed by atoms with Crippen molar-refractivity contribution in [1.82, 2.24) is 5.32 Å². The van der Waals surface area contributed by atoms with Gasteiger partial charge in [0.1, 0.15) is 0 Å². The van der Waals surface area contributed by atoms with Gasteiger partial charge in [0.25, 0.3) is 0 Å². The van der Waals surface area contributed by atoms with Gasteiger partial charge >= 0.3 is 0 Å². The van der Waals surface area contributed by atoms with Gasteiger partial charge < -0.3 is 10.1 Å². The zero-order valence-electron chi connectivity index (χ0n) is 9.44. The lowest BCUT2D eigenvalue weighted by Crippen LogP contribution is -2.26. The van der Waals surface area contributed by atoms with Crippen molar-refractivity contribution in [1.29, 1.82) is 0 Å². The molecule has 0 aliphatic rings. The van der Waals surface area contributed by atoms with E-state index in [9.17, 15) is 0 Å². The van der Waals surface area contributed by atoms with Gasteiger partial charge in [-0.05, 0) is 25.3 Å². The first-order valence-corrected chi connectivity index (χ1v) is 5.54. The lowest BCUT2D eigenvalue weighted by Gasteiger charge is -2.15. The molecule has 0 aromatic heterocycles. The Bertz CT molecular complexity index is 90.1. The molecule has 0 aliphatic heterocycles. The van der Waals surface area contributed by atoms with E-state index >= 15 is 0 Å². The summed E-state index contributed by atoms with van der Waals surface area (Å²) in [6, 6.07) is 0. The number of hydrogen-bond donors (Lipinski definition) is 1. The molecule has 1 N–H and O–H groups in total. The van der Waals surface area contributed by atoms with Gasteiger partial charge in [-0.1, -0.05) is 26.7 Å². The second-order valence-electron chi connectivity index (χ2n) is 3.64. The summed E-state index contributed by atoms with van der Waals surface area (Å²) in [4.78, 5) is 0. The first-order chi connectivity index (χ1) is 6.35. The second kappa shape index (κ2) is 10.0. The minimum absolute atomic E-state index is 0.824. The fourth-order valence-electron chi connectivity index (χ4n) is 1.65. The maximum Gasteiger partial charge on any atom is 0.0587 e. The molecule has 0 saturated carbocycles. The Morgan fingerprint density at radius 1 is 1.15 bits per heavy atom. The third-order valence-corrected chi connectivity index (χ3v) is 2.31. The van der Waals surface area contributed by atoms with E-state index < -0.39 is 0 Å². The van der Waals surface area contributed by atoms with Gasteiger partial charge in [0, 0.05) is 13.7 Å². The van der Waals surface area contributed by atoms with Gasteiger partial charge in [-0.3, -0.25) is 0 Å². The molecule has 0 radical (unpaired) electrons. The van der Waals surface area contributed by atoms with Crippen LogP contribution in [0.25, 0.3) is 0 Å². The summed E-state index contributed by atoms with van der Waals surface area (Å²) in [5.74, 6) is 0.867. The average Bonchev–Trinajstić information content (AvgIpc) is 2.13. The molecule has 0 aromatic carbocycles. The number of ether oxygens (including phenoxy) is 1. The van der Waals surface area contributed by atoms with Crippen molar-refractivity contribution in [2.24, 2.45) is 5.92 Å². The van der Waals surface area contributed by atoms with Gasteiger partial charge in [-0.15, -0.1) is 0 Å². The van der Waals surface area contributed by atoms with E-state index in [1.165, 1.54) is 25.7 Å². The monoisotopic (exact) mass is 187 g/mol. The maximum absolute atomic E-state index is 4.98. The van der Waals surface area contributed by atoms with E-state index in [-0.39, 0.29) is 0 Å². The summed E-state index contributed by atoms with van der Waals surface area (Å²) in [6.07, 6.45) is 5.31. The molecule has 0 unspecified atom stereocenters. The summed E-state index contributed by atoms with van der Waals surface area (Å²) in [5, 5.41) is 3.43. The van der Waals surface area contributed by atoms with Crippen LogP contribution in [0.15, 0.2) is 0 Å². The standard InChI is InChI=1S/C11H25NO/c1-4-6-11(7-5-2)10-12-8-9-13-3/h11-12H,4-10H2,1-3H3. The van der Waals surface area contributed by atoms with Crippen molar-refractivity contribution >= 4 is 0 Å². The molecule has 0 amide bonds. The van der Waals surface area contributed by atoms with Crippen LogP contribution in [0, 0.1) is 5.92 Å². The molecule has 2 nitrogen and oxygen atoms in total. The molecule has 0 fully saturated rings. The highest BCUT2D eigenvalue weighted by molar-refractivity contribution is 4.61. The number of nitrogens with one attached hydrogen (secondary N) is 1. The summed E-state index contributed by atoms with van der Waals surface area (Å²) in [6.45, 7) is 7.49. The first kappa shape index (κ1) is 12.9. The summed E-state index contributed by atoms with van der Waals surface area (Å²) in [7, 11) is 1.75. The van der Waals surface area contributed by atoms with E-state index in [1.807, 2.05) is 0 Å². The predicted molar refractivity (Wildman–Crippen MR) is 58.1 cm³/mol. The van der Waals surface area contributed by atoms with E-state index in [0.717, 1.165) is 25.6 Å². The lowest BCUT2D eigenvalue weighted by molar-refractivity contribution is 0.197. The van der Waals surface area contributed by atoms with Crippen molar-refractivity contribution in [2.75, 3.05) is 26.8 Å². The molecular weight excluding hydrogens is 162 g/mol. The summed E-state index contributed by atoms with van der Waals surface area (Å²) < 4.78 is 4.98. The highest BCUT2D eigenvalue weighted by Gasteiger charge is 2.04. The normalized spacial score (nSPS) is 11.1. The van der Waals surface area contributed by atoms with Crippen LogP contribution in [0.1, 0.15) is 39.5 Å². The van der Waals surface area contributed by atoms with Crippen molar-refractivity contribution in [3.63, 3.8) is 0 Å². The quantitative estimate of drug-likeness (QED) is 0.560. The van der Waals surface area contributed by atoms with Crippen molar-refractivity contribution < 1.29 is 4.74 Å². The molecule has 0 rings (SSSR count). The maximum atomic E-state index is 4.98. The van der Waals surface area contributed by atoms with Crippen LogP contribution in [0.4, 0.5) is 0 Å². The first-order valence-electron chi connectivity index (χ1n) is 5.54. The Morgan fingerprint density at radius 3 is 2.23 bits per heavy atom. The average molecular weight is 187 g/mol. The number of hydrogen-bond acceptors (Lipinski definition) is 2. The Kier molecular flexibility index (Phi) is 9.94. The summed E-state index contributed by atoms with van der Waals surface area (Å²) in [5.41, 5.74) is 0. The number of methoxy groups -OCH3 is 1. The minimum atomic E-state index is 0.824. The van der Waals surface area contributed by atoms with Gasteiger partial charge in [-0.25, -0.2) is 0 Å². The molecule has 0 aliphatic carbocycles. The molecule has 0 spiro atoms. The van der Waals surface area contributed by atoms with Crippen molar-refractivity contribution in [3.05, 3.63) is 0 Å². The van der Waals surface area contributed by atoms with Gasteiger partial charge in [0.2, 0.25) is 0 Å².